The molecule has 0 bridgehead atoms. The van der Waals surface area contributed by atoms with Crippen molar-refractivity contribution < 1.29 is 14.6 Å². The molecule has 2 amide bonds. The second-order valence-electron chi connectivity index (χ2n) is 12.3. The Kier molecular flexibility index (Phi) is 7.19. The van der Waals surface area contributed by atoms with Gasteiger partial charge in [-0.05, 0) is 55.6 Å². The number of amides is 2. The van der Waals surface area contributed by atoms with Gasteiger partial charge in [-0.25, -0.2) is 9.78 Å². The normalized spacial score (nSPS) is 18.4. The van der Waals surface area contributed by atoms with Gasteiger partial charge in [-0.1, -0.05) is 55.8 Å². The van der Waals surface area contributed by atoms with E-state index in [0.29, 0.717) is 35.6 Å². The Balaban J connectivity index is 1.27. The molecule has 3 aliphatic heterocycles. The van der Waals surface area contributed by atoms with Crippen molar-refractivity contribution in [2.45, 2.75) is 52.1 Å². The molecule has 6 rings (SSSR count). The van der Waals surface area contributed by atoms with Crippen LogP contribution >= 0.6 is 22.9 Å². The number of likely N-dealkylation sites (tertiary alicyclic amines) is 1. The molecule has 0 unspecified atom stereocenters. The number of nitrogens with one attached hydrogen (secondary N) is 2. The second kappa shape index (κ2) is 10.5. The number of benzene rings is 2. The van der Waals surface area contributed by atoms with Gasteiger partial charge in [0, 0.05) is 35.5 Å². The topological polar surface area (TPSA) is 90.0 Å². The van der Waals surface area contributed by atoms with Crippen LogP contribution in [0.2, 0.25) is 5.02 Å². The number of thiazole rings is 1. The van der Waals surface area contributed by atoms with E-state index in [-0.39, 0.29) is 22.6 Å². The molecule has 0 atom stereocenters. The van der Waals surface area contributed by atoms with Crippen molar-refractivity contribution in [3.63, 3.8) is 0 Å². The summed E-state index contributed by atoms with van der Waals surface area (Å²) in [5.74, 6) is 0.197. The summed E-state index contributed by atoms with van der Waals surface area (Å²) in [6, 6.07) is 10.8. The summed E-state index contributed by atoms with van der Waals surface area (Å²) in [6.45, 7) is 11.7. The second-order valence-corrected chi connectivity index (χ2v) is 13.8. The van der Waals surface area contributed by atoms with Crippen LogP contribution in [0.1, 0.15) is 49.7 Å². The number of phenols is 1. The molecule has 1 saturated heterocycles. The zero-order valence-electron chi connectivity index (χ0n) is 23.2. The number of urea groups is 1. The van der Waals surface area contributed by atoms with Crippen LogP contribution in [0.25, 0.3) is 0 Å². The van der Waals surface area contributed by atoms with E-state index in [1.165, 1.54) is 11.3 Å². The first kappa shape index (κ1) is 27.3. The van der Waals surface area contributed by atoms with Crippen molar-refractivity contribution in [1.29, 1.82) is 0 Å². The lowest BCUT2D eigenvalue weighted by Gasteiger charge is -2.42. The van der Waals surface area contributed by atoms with Gasteiger partial charge in [0.15, 0.2) is 5.13 Å². The zero-order chi connectivity index (χ0) is 28.1. The number of phenolic OH excluding ortho intramolecular Hbond substituents is 1. The molecule has 4 heterocycles. The lowest BCUT2D eigenvalue weighted by Crippen LogP contribution is -2.47. The van der Waals surface area contributed by atoms with Crippen LogP contribution in [0, 0.1) is 5.41 Å². The molecule has 10 heteroatoms. The van der Waals surface area contributed by atoms with Crippen LogP contribution in [0.5, 0.6) is 5.75 Å². The van der Waals surface area contributed by atoms with E-state index >= 15 is 0 Å². The molecule has 0 aliphatic carbocycles. The predicted octanol–water partition coefficient (Wildman–Crippen LogP) is 6.75. The SMILES string of the molecule is CC(C)(C)CN1CCC2(CC1)CN(c1ccccc1NC(=O)Nc1nc3c(s1)COCC3)c1c(O)ccc(Cl)c12. The minimum Gasteiger partial charge on any atom is -0.506 e. The van der Waals surface area contributed by atoms with Crippen LogP contribution in [-0.4, -0.2) is 53.8 Å². The number of hydrogen-bond donors (Lipinski definition) is 3. The molecule has 0 saturated carbocycles. The summed E-state index contributed by atoms with van der Waals surface area (Å²) < 4.78 is 5.51. The highest BCUT2D eigenvalue weighted by Crippen LogP contribution is 2.56. The molecule has 3 aromatic rings. The Labute approximate surface area is 244 Å². The van der Waals surface area contributed by atoms with Crippen LogP contribution in [0.4, 0.5) is 27.0 Å². The van der Waals surface area contributed by atoms with Gasteiger partial charge in [-0.15, -0.1) is 0 Å². The minimum atomic E-state index is -0.362. The van der Waals surface area contributed by atoms with Crippen molar-refractivity contribution in [1.82, 2.24) is 9.88 Å². The molecule has 3 N–H and O–H groups in total. The number of aromatic nitrogens is 1. The van der Waals surface area contributed by atoms with Gasteiger partial charge in [-0.3, -0.25) is 5.32 Å². The van der Waals surface area contributed by atoms with E-state index in [9.17, 15) is 9.90 Å². The third-order valence-electron chi connectivity index (χ3n) is 8.04. The molecule has 3 aliphatic rings. The van der Waals surface area contributed by atoms with Gasteiger partial charge >= 0.3 is 6.03 Å². The largest absolute Gasteiger partial charge is 0.506 e. The Morgan fingerprint density at radius 3 is 2.70 bits per heavy atom. The number of rotatable bonds is 4. The van der Waals surface area contributed by atoms with Gasteiger partial charge < -0.3 is 25.0 Å². The van der Waals surface area contributed by atoms with E-state index in [1.54, 1.807) is 12.1 Å². The Morgan fingerprint density at radius 2 is 1.95 bits per heavy atom. The molecule has 1 spiro atoms. The fraction of sp³-hybridized carbons (Fsp3) is 0.467. The number of fused-ring (bicyclic) bond motifs is 3. The van der Waals surface area contributed by atoms with E-state index in [0.717, 1.165) is 66.4 Å². The first-order valence-electron chi connectivity index (χ1n) is 13.9. The van der Waals surface area contributed by atoms with Gasteiger partial charge in [0.2, 0.25) is 0 Å². The average molecular weight is 582 g/mol. The van der Waals surface area contributed by atoms with Crippen molar-refractivity contribution >= 4 is 51.2 Å². The Morgan fingerprint density at radius 1 is 1.18 bits per heavy atom. The number of ether oxygens (including phenoxy) is 1. The number of nitrogens with zero attached hydrogens (tertiary/aromatic N) is 3. The van der Waals surface area contributed by atoms with Crippen molar-refractivity contribution in [2.24, 2.45) is 5.41 Å². The number of carbonyl (C=O) groups is 1. The molecular formula is C30H36ClN5O3S. The maximum atomic E-state index is 13.1. The highest BCUT2D eigenvalue weighted by molar-refractivity contribution is 7.15. The van der Waals surface area contributed by atoms with Crippen molar-refractivity contribution in [2.75, 3.05) is 48.3 Å². The van der Waals surface area contributed by atoms with Gasteiger partial charge in [0.25, 0.3) is 0 Å². The number of piperidine rings is 1. The highest BCUT2D eigenvalue weighted by atomic mass is 35.5. The zero-order valence-corrected chi connectivity index (χ0v) is 24.8. The Hall–Kier alpha value is -2.85. The molecular weight excluding hydrogens is 546 g/mol. The van der Waals surface area contributed by atoms with E-state index in [2.05, 4.69) is 46.2 Å². The fourth-order valence-corrected chi connectivity index (χ4v) is 7.66. The lowest BCUT2D eigenvalue weighted by atomic mass is 9.74. The quantitative estimate of drug-likeness (QED) is 0.316. The predicted molar refractivity (Wildman–Crippen MR) is 161 cm³/mol. The van der Waals surface area contributed by atoms with Crippen LogP contribution in [-0.2, 0) is 23.2 Å². The smallest absolute Gasteiger partial charge is 0.325 e. The number of carbonyl (C=O) groups excluding carboxylic acids is 1. The molecule has 40 heavy (non-hydrogen) atoms. The van der Waals surface area contributed by atoms with E-state index in [1.807, 2.05) is 24.3 Å². The number of para-hydroxylation sites is 2. The third kappa shape index (κ3) is 5.28. The minimum absolute atomic E-state index is 0.184. The highest BCUT2D eigenvalue weighted by Gasteiger charge is 2.48. The standard InChI is InChI=1S/C30H36ClN5O3S/c1-29(2,3)17-35-13-11-30(12-14-35)18-36(26-23(37)9-8-19(31)25(26)30)22-7-5-4-6-20(22)32-27(38)34-28-33-21-10-15-39-16-24(21)40-28/h4-9,37H,10-18H2,1-3H3,(H2,32,33,34,38). The molecule has 1 aromatic heterocycles. The monoisotopic (exact) mass is 581 g/mol. The first-order valence-corrected chi connectivity index (χ1v) is 15.1. The number of aromatic hydroxyl groups is 1. The summed E-state index contributed by atoms with van der Waals surface area (Å²) in [5, 5.41) is 18.3. The molecule has 8 nitrogen and oxygen atoms in total. The van der Waals surface area contributed by atoms with Crippen LogP contribution < -0.4 is 15.5 Å². The van der Waals surface area contributed by atoms with Gasteiger partial charge in [0.05, 0.1) is 40.8 Å². The van der Waals surface area contributed by atoms with Crippen LogP contribution in [0.15, 0.2) is 36.4 Å². The number of anilines is 4. The summed E-state index contributed by atoms with van der Waals surface area (Å²) in [6.07, 6.45) is 2.66. The number of halogens is 1. The van der Waals surface area contributed by atoms with Gasteiger partial charge in [0.1, 0.15) is 5.75 Å². The number of hydrogen-bond acceptors (Lipinski definition) is 7. The average Bonchev–Trinajstić information content (AvgIpc) is 3.46. The fourth-order valence-electron chi connectivity index (χ4n) is 6.36. The van der Waals surface area contributed by atoms with Crippen LogP contribution in [0.3, 0.4) is 0 Å². The summed E-state index contributed by atoms with van der Waals surface area (Å²) in [4.78, 5) is 23.4. The maximum absolute atomic E-state index is 13.1. The van der Waals surface area contributed by atoms with Gasteiger partial charge in [-0.2, -0.15) is 0 Å². The molecule has 0 radical (unpaired) electrons. The molecule has 212 valence electrons. The lowest BCUT2D eigenvalue weighted by molar-refractivity contribution is 0.112. The van der Waals surface area contributed by atoms with Crippen molar-refractivity contribution in [3.8, 4) is 5.75 Å². The first-order chi connectivity index (χ1) is 19.1. The molecule has 1 fully saturated rings. The maximum Gasteiger partial charge on any atom is 0.325 e. The van der Waals surface area contributed by atoms with E-state index < -0.39 is 0 Å². The Bertz CT molecular complexity index is 1400. The van der Waals surface area contributed by atoms with Crippen molar-refractivity contribution in [3.05, 3.63) is 57.6 Å². The summed E-state index contributed by atoms with van der Waals surface area (Å²) in [5.41, 5.74) is 4.26. The van der Waals surface area contributed by atoms with E-state index in [4.69, 9.17) is 16.3 Å². The summed E-state index contributed by atoms with van der Waals surface area (Å²) in [7, 11) is 0. The summed E-state index contributed by atoms with van der Waals surface area (Å²) >= 11 is 8.32. The third-order valence-corrected chi connectivity index (χ3v) is 9.34. The molecule has 2 aromatic carbocycles.